The van der Waals surface area contributed by atoms with E-state index in [2.05, 4.69) is 20.8 Å². The highest BCUT2D eigenvalue weighted by atomic mass is 16.3. The fourth-order valence-corrected chi connectivity index (χ4v) is 2.20. The van der Waals surface area contributed by atoms with Crippen molar-refractivity contribution in [3.8, 4) is 0 Å². The first-order valence-electron chi connectivity index (χ1n) is 6.47. The second-order valence-electron chi connectivity index (χ2n) is 4.95. The third-order valence-electron chi connectivity index (χ3n) is 3.62. The van der Waals surface area contributed by atoms with Crippen molar-refractivity contribution in [2.75, 3.05) is 6.61 Å². The first kappa shape index (κ1) is 14.9. The first-order valence-corrected chi connectivity index (χ1v) is 6.47. The maximum atomic E-state index is 9.09. The summed E-state index contributed by atoms with van der Waals surface area (Å²) in [5.41, 5.74) is 6.28. The molecule has 92 valence electrons. The molecule has 0 aliphatic rings. The summed E-state index contributed by atoms with van der Waals surface area (Å²) in [6, 6.07) is 0.228. The highest BCUT2D eigenvalue weighted by Gasteiger charge is 2.29. The van der Waals surface area contributed by atoms with Gasteiger partial charge >= 0.3 is 0 Å². The molecule has 0 aromatic rings. The molecule has 2 atom stereocenters. The Hall–Kier alpha value is -0.0800. The standard InChI is InChI=1S/C13H29NO/c1-4-6-7-8-9-13(3,10-11-15)12(14)5-2/h12,15H,4-11,14H2,1-3H3. The van der Waals surface area contributed by atoms with Gasteiger partial charge in [0.1, 0.15) is 0 Å². The Morgan fingerprint density at radius 1 is 1.13 bits per heavy atom. The van der Waals surface area contributed by atoms with Crippen molar-refractivity contribution in [2.24, 2.45) is 11.1 Å². The normalized spacial score (nSPS) is 17.4. The molecule has 2 unspecified atom stereocenters. The van der Waals surface area contributed by atoms with Crippen LogP contribution in [0.5, 0.6) is 0 Å². The lowest BCUT2D eigenvalue weighted by atomic mass is 9.74. The fraction of sp³-hybridized carbons (Fsp3) is 1.00. The van der Waals surface area contributed by atoms with Crippen LogP contribution in [0.1, 0.15) is 65.7 Å². The van der Waals surface area contributed by atoms with Crippen LogP contribution in [0.15, 0.2) is 0 Å². The van der Waals surface area contributed by atoms with E-state index in [1.807, 2.05) is 0 Å². The van der Waals surface area contributed by atoms with Crippen LogP contribution >= 0.6 is 0 Å². The zero-order chi connectivity index (χ0) is 11.7. The molecule has 2 nitrogen and oxygen atoms in total. The Kier molecular flexibility index (Phi) is 8.07. The van der Waals surface area contributed by atoms with Crippen LogP contribution in [-0.4, -0.2) is 17.8 Å². The van der Waals surface area contributed by atoms with Gasteiger partial charge in [-0.1, -0.05) is 46.5 Å². The molecule has 15 heavy (non-hydrogen) atoms. The predicted octanol–water partition coefficient (Wildman–Crippen LogP) is 3.08. The Labute approximate surface area is 95.3 Å². The largest absolute Gasteiger partial charge is 0.396 e. The van der Waals surface area contributed by atoms with Crippen molar-refractivity contribution in [2.45, 2.75) is 71.8 Å². The molecular weight excluding hydrogens is 186 g/mol. The van der Waals surface area contributed by atoms with Gasteiger partial charge in [0.05, 0.1) is 0 Å². The number of hydrogen-bond acceptors (Lipinski definition) is 2. The summed E-state index contributed by atoms with van der Waals surface area (Å²) in [7, 11) is 0. The Morgan fingerprint density at radius 3 is 2.27 bits per heavy atom. The van der Waals surface area contributed by atoms with Crippen molar-refractivity contribution in [3.63, 3.8) is 0 Å². The maximum absolute atomic E-state index is 9.09. The molecular formula is C13H29NO. The summed E-state index contributed by atoms with van der Waals surface area (Å²) < 4.78 is 0. The molecule has 0 rings (SSSR count). The number of hydrogen-bond donors (Lipinski definition) is 2. The highest BCUT2D eigenvalue weighted by molar-refractivity contribution is 4.84. The molecule has 0 saturated heterocycles. The molecule has 0 heterocycles. The topological polar surface area (TPSA) is 46.2 Å². The van der Waals surface area contributed by atoms with Gasteiger partial charge in [0, 0.05) is 12.6 Å². The number of aliphatic hydroxyl groups excluding tert-OH is 1. The van der Waals surface area contributed by atoms with E-state index in [0.717, 1.165) is 19.3 Å². The van der Waals surface area contributed by atoms with E-state index in [1.165, 1.54) is 25.7 Å². The quantitative estimate of drug-likeness (QED) is 0.581. The van der Waals surface area contributed by atoms with Gasteiger partial charge in [-0.15, -0.1) is 0 Å². The Morgan fingerprint density at radius 2 is 1.80 bits per heavy atom. The van der Waals surface area contributed by atoms with Crippen LogP contribution in [0.2, 0.25) is 0 Å². The molecule has 0 aromatic carbocycles. The summed E-state index contributed by atoms with van der Waals surface area (Å²) in [5, 5.41) is 9.09. The van der Waals surface area contributed by atoms with Crippen molar-refractivity contribution in [3.05, 3.63) is 0 Å². The number of unbranched alkanes of at least 4 members (excludes halogenated alkanes) is 3. The summed E-state index contributed by atoms with van der Waals surface area (Å²) >= 11 is 0. The fourth-order valence-electron chi connectivity index (χ4n) is 2.20. The molecule has 0 aliphatic carbocycles. The smallest absolute Gasteiger partial charge is 0.0436 e. The second kappa shape index (κ2) is 8.12. The van der Waals surface area contributed by atoms with Crippen molar-refractivity contribution in [1.29, 1.82) is 0 Å². The van der Waals surface area contributed by atoms with Gasteiger partial charge < -0.3 is 10.8 Å². The third kappa shape index (κ3) is 5.53. The summed E-state index contributed by atoms with van der Waals surface area (Å²) in [6.07, 6.45) is 8.14. The molecule has 0 aliphatic heterocycles. The predicted molar refractivity (Wildman–Crippen MR) is 66.8 cm³/mol. The van der Waals surface area contributed by atoms with Crippen LogP contribution in [0.25, 0.3) is 0 Å². The summed E-state index contributed by atoms with van der Waals surface area (Å²) in [6.45, 7) is 6.85. The van der Waals surface area contributed by atoms with E-state index in [1.54, 1.807) is 0 Å². The lowest BCUT2D eigenvalue weighted by Gasteiger charge is -2.35. The first-order chi connectivity index (χ1) is 7.10. The molecule has 2 heteroatoms. The molecule has 0 fully saturated rings. The number of nitrogens with two attached hydrogens (primary N) is 1. The van der Waals surface area contributed by atoms with E-state index in [9.17, 15) is 0 Å². The molecule has 0 saturated carbocycles. The second-order valence-corrected chi connectivity index (χ2v) is 4.95. The lowest BCUT2D eigenvalue weighted by Crippen LogP contribution is -2.39. The molecule has 0 aromatic heterocycles. The zero-order valence-electron chi connectivity index (χ0n) is 10.8. The SMILES string of the molecule is CCCCCCC(C)(CCO)C(N)CC. The minimum Gasteiger partial charge on any atom is -0.396 e. The van der Waals surface area contributed by atoms with Crippen LogP contribution in [0, 0.1) is 5.41 Å². The Balaban J connectivity index is 4.01. The average Bonchev–Trinajstić information content (AvgIpc) is 2.23. The van der Waals surface area contributed by atoms with Crippen LogP contribution in [-0.2, 0) is 0 Å². The molecule has 0 radical (unpaired) electrons. The van der Waals surface area contributed by atoms with Gasteiger partial charge in [0.2, 0.25) is 0 Å². The van der Waals surface area contributed by atoms with E-state index in [4.69, 9.17) is 10.8 Å². The van der Waals surface area contributed by atoms with Crippen molar-refractivity contribution >= 4 is 0 Å². The van der Waals surface area contributed by atoms with Gasteiger partial charge in [-0.3, -0.25) is 0 Å². The van der Waals surface area contributed by atoms with Gasteiger partial charge in [-0.25, -0.2) is 0 Å². The third-order valence-corrected chi connectivity index (χ3v) is 3.62. The Bertz CT molecular complexity index is 149. The van der Waals surface area contributed by atoms with Gasteiger partial charge in [0.15, 0.2) is 0 Å². The van der Waals surface area contributed by atoms with Crippen LogP contribution < -0.4 is 5.73 Å². The number of rotatable bonds is 9. The van der Waals surface area contributed by atoms with Gasteiger partial charge in [-0.2, -0.15) is 0 Å². The van der Waals surface area contributed by atoms with Gasteiger partial charge in [-0.05, 0) is 24.7 Å². The van der Waals surface area contributed by atoms with Crippen LogP contribution in [0.3, 0.4) is 0 Å². The van der Waals surface area contributed by atoms with Gasteiger partial charge in [0.25, 0.3) is 0 Å². The van der Waals surface area contributed by atoms with E-state index in [0.29, 0.717) is 0 Å². The molecule has 0 spiro atoms. The minimum atomic E-state index is 0.136. The highest BCUT2D eigenvalue weighted by Crippen LogP contribution is 2.32. The monoisotopic (exact) mass is 215 g/mol. The molecule has 3 N–H and O–H groups in total. The summed E-state index contributed by atoms with van der Waals surface area (Å²) in [5.74, 6) is 0. The average molecular weight is 215 g/mol. The van der Waals surface area contributed by atoms with E-state index >= 15 is 0 Å². The molecule has 0 bridgehead atoms. The van der Waals surface area contributed by atoms with Crippen molar-refractivity contribution in [1.82, 2.24) is 0 Å². The minimum absolute atomic E-state index is 0.136. The van der Waals surface area contributed by atoms with E-state index < -0.39 is 0 Å². The maximum Gasteiger partial charge on any atom is 0.0436 e. The lowest BCUT2D eigenvalue weighted by molar-refractivity contribution is 0.148. The molecule has 0 amide bonds. The number of aliphatic hydroxyl groups is 1. The van der Waals surface area contributed by atoms with Crippen LogP contribution in [0.4, 0.5) is 0 Å². The zero-order valence-corrected chi connectivity index (χ0v) is 10.8. The van der Waals surface area contributed by atoms with Crippen molar-refractivity contribution < 1.29 is 5.11 Å². The van der Waals surface area contributed by atoms with E-state index in [-0.39, 0.29) is 18.1 Å². The summed E-state index contributed by atoms with van der Waals surface area (Å²) in [4.78, 5) is 0.